The molecule has 0 aliphatic carbocycles. The highest BCUT2D eigenvalue weighted by atomic mass is 16.6. The van der Waals surface area contributed by atoms with E-state index in [2.05, 4.69) is 13.0 Å². The van der Waals surface area contributed by atoms with Crippen LogP contribution in [0.1, 0.15) is 18.1 Å². The fraction of sp³-hybridized carbons (Fsp3) is 0.455. The molecule has 1 aliphatic heterocycles. The van der Waals surface area contributed by atoms with Crippen molar-refractivity contribution in [2.45, 2.75) is 25.9 Å². The predicted octanol–water partition coefficient (Wildman–Crippen LogP) is 1.90. The Balaban J connectivity index is 2.25. The third kappa shape index (κ3) is 1.83. The van der Waals surface area contributed by atoms with Gasteiger partial charge in [0.2, 0.25) is 0 Å². The van der Waals surface area contributed by atoms with Gasteiger partial charge in [-0.1, -0.05) is 19.1 Å². The average molecular weight is 178 g/mol. The molecule has 1 aromatic rings. The third-order valence-electron chi connectivity index (χ3n) is 2.45. The largest absolute Gasteiger partial charge is 0.508 e. The monoisotopic (exact) mass is 178 g/mol. The van der Waals surface area contributed by atoms with Crippen LogP contribution < -0.4 is 0 Å². The van der Waals surface area contributed by atoms with E-state index in [0.717, 1.165) is 25.0 Å². The lowest BCUT2D eigenvalue weighted by atomic mass is 10.0. The van der Waals surface area contributed by atoms with Crippen molar-refractivity contribution in [3.63, 3.8) is 0 Å². The van der Waals surface area contributed by atoms with Crippen LogP contribution >= 0.6 is 0 Å². The number of hydrogen-bond acceptors (Lipinski definition) is 2. The van der Waals surface area contributed by atoms with E-state index < -0.39 is 0 Å². The molecule has 2 heteroatoms. The molecule has 1 fully saturated rings. The van der Waals surface area contributed by atoms with Gasteiger partial charge in [-0.25, -0.2) is 0 Å². The van der Waals surface area contributed by atoms with Crippen molar-refractivity contribution in [3.8, 4) is 5.75 Å². The normalized spacial score (nSPS) is 20.2. The number of benzene rings is 1. The third-order valence-corrected chi connectivity index (χ3v) is 2.45. The van der Waals surface area contributed by atoms with Crippen LogP contribution in [0.4, 0.5) is 0 Å². The van der Waals surface area contributed by atoms with Crippen molar-refractivity contribution in [1.29, 1.82) is 0 Å². The van der Waals surface area contributed by atoms with Gasteiger partial charge < -0.3 is 9.84 Å². The Morgan fingerprint density at radius 3 is 2.92 bits per heavy atom. The molecular formula is C11H14O2. The smallest absolute Gasteiger partial charge is 0.119 e. The lowest BCUT2D eigenvalue weighted by Gasteiger charge is -2.07. The van der Waals surface area contributed by atoms with E-state index in [0.29, 0.717) is 11.9 Å². The number of rotatable bonds is 3. The van der Waals surface area contributed by atoms with Crippen molar-refractivity contribution < 1.29 is 9.84 Å². The Morgan fingerprint density at radius 1 is 1.54 bits per heavy atom. The zero-order valence-corrected chi connectivity index (χ0v) is 7.79. The summed E-state index contributed by atoms with van der Waals surface area (Å²) in [7, 11) is 0. The van der Waals surface area contributed by atoms with E-state index in [1.54, 1.807) is 6.07 Å². The first kappa shape index (κ1) is 8.57. The standard InChI is InChI=1S/C11H14O2/c1-2-10-8(6-9-7-13-9)4-3-5-11(10)12/h3-5,9,12H,2,6-7H2,1H3. The molecule has 0 spiro atoms. The minimum Gasteiger partial charge on any atom is -0.508 e. The second-order valence-electron chi connectivity index (χ2n) is 3.43. The maximum Gasteiger partial charge on any atom is 0.119 e. The Labute approximate surface area is 78.2 Å². The molecule has 1 aromatic carbocycles. The second-order valence-corrected chi connectivity index (χ2v) is 3.43. The summed E-state index contributed by atoms with van der Waals surface area (Å²) in [5.41, 5.74) is 2.29. The summed E-state index contributed by atoms with van der Waals surface area (Å²) in [5.74, 6) is 0.417. The Kier molecular flexibility index (Phi) is 2.23. The van der Waals surface area contributed by atoms with Gasteiger partial charge in [-0.15, -0.1) is 0 Å². The highest BCUT2D eigenvalue weighted by Gasteiger charge is 2.23. The Hall–Kier alpha value is -1.02. The minimum absolute atomic E-state index is 0.395. The number of phenols is 1. The minimum atomic E-state index is 0.395. The van der Waals surface area contributed by atoms with Gasteiger partial charge in [0.15, 0.2) is 0 Å². The summed E-state index contributed by atoms with van der Waals surface area (Å²) in [4.78, 5) is 0. The molecule has 1 heterocycles. The van der Waals surface area contributed by atoms with Crippen molar-refractivity contribution in [1.82, 2.24) is 0 Å². The molecule has 2 nitrogen and oxygen atoms in total. The summed E-state index contributed by atoms with van der Waals surface area (Å²) in [6.45, 7) is 2.94. The van der Waals surface area contributed by atoms with Gasteiger partial charge in [-0.05, 0) is 23.6 Å². The Bertz CT molecular complexity index is 303. The highest BCUT2D eigenvalue weighted by Crippen LogP contribution is 2.25. The molecule has 1 saturated heterocycles. The molecule has 70 valence electrons. The van der Waals surface area contributed by atoms with E-state index in [-0.39, 0.29) is 0 Å². The van der Waals surface area contributed by atoms with Gasteiger partial charge in [0, 0.05) is 6.42 Å². The summed E-state index contributed by atoms with van der Waals surface area (Å²) in [5, 5.41) is 9.58. The molecule has 1 atom stereocenters. The van der Waals surface area contributed by atoms with E-state index in [9.17, 15) is 5.11 Å². The fourth-order valence-corrected chi connectivity index (χ4v) is 1.65. The number of ether oxygens (including phenoxy) is 1. The van der Waals surface area contributed by atoms with Crippen LogP contribution in [0.15, 0.2) is 18.2 Å². The maximum absolute atomic E-state index is 9.58. The van der Waals surface area contributed by atoms with Gasteiger partial charge in [-0.2, -0.15) is 0 Å². The lowest BCUT2D eigenvalue weighted by Crippen LogP contribution is -1.98. The van der Waals surface area contributed by atoms with Gasteiger partial charge in [-0.3, -0.25) is 0 Å². The van der Waals surface area contributed by atoms with Gasteiger partial charge in [0.1, 0.15) is 5.75 Å². The van der Waals surface area contributed by atoms with E-state index in [1.165, 1.54) is 5.56 Å². The van der Waals surface area contributed by atoms with Crippen molar-refractivity contribution in [2.24, 2.45) is 0 Å². The van der Waals surface area contributed by atoms with Crippen LogP contribution in [-0.4, -0.2) is 17.8 Å². The molecule has 2 rings (SSSR count). The highest BCUT2D eigenvalue weighted by molar-refractivity contribution is 5.39. The van der Waals surface area contributed by atoms with E-state index in [1.807, 2.05) is 6.07 Å². The van der Waals surface area contributed by atoms with Crippen molar-refractivity contribution in [2.75, 3.05) is 6.61 Å². The number of phenolic OH excluding ortho intramolecular Hbond substituents is 1. The summed E-state index contributed by atoms with van der Waals surface area (Å²) in [6, 6.07) is 5.71. The first-order chi connectivity index (χ1) is 6.31. The first-order valence-electron chi connectivity index (χ1n) is 4.72. The van der Waals surface area contributed by atoms with Crippen LogP contribution in [0, 0.1) is 0 Å². The van der Waals surface area contributed by atoms with Crippen molar-refractivity contribution >= 4 is 0 Å². The molecule has 1 N–H and O–H groups in total. The molecule has 0 radical (unpaired) electrons. The van der Waals surface area contributed by atoms with E-state index >= 15 is 0 Å². The van der Waals surface area contributed by atoms with Crippen molar-refractivity contribution in [3.05, 3.63) is 29.3 Å². The molecule has 0 saturated carbocycles. The Morgan fingerprint density at radius 2 is 2.31 bits per heavy atom. The zero-order chi connectivity index (χ0) is 9.26. The van der Waals surface area contributed by atoms with Crippen LogP contribution in [-0.2, 0) is 17.6 Å². The molecule has 0 aromatic heterocycles. The lowest BCUT2D eigenvalue weighted by molar-refractivity contribution is 0.406. The van der Waals surface area contributed by atoms with Crippen LogP contribution in [0.25, 0.3) is 0 Å². The van der Waals surface area contributed by atoms with E-state index in [4.69, 9.17) is 4.74 Å². The summed E-state index contributed by atoms with van der Waals surface area (Å²) < 4.78 is 5.17. The summed E-state index contributed by atoms with van der Waals surface area (Å²) >= 11 is 0. The quantitative estimate of drug-likeness (QED) is 0.717. The van der Waals surface area contributed by atoms with Gasteiger partial charge in [0.25, 0.3) is 0 Å². The van der Waals surface area contributed by atoms with Gasteiger partial charge >= 0.3 is 0 Å². The predicted molar refractivity (Wildman–Crippen MR) is 50.9 cm³/mol. The van der Waals surface area contributed by atoms with Crippen LogP contribution in [0.3, 0.4) is 0 Å². The SMILES string of the molecule is CCc1c(O)cccc1CC1CO1. The number of hydrogen-bond donors (Lipinski definition) is 1. The van der Waals surface area contributed by atoms with Gasteiger partial charge in [0.05, 0.1) is 12.7 Å². The second kappa shape index (κ2) is 3.38. The molecule has 1 aliphatic rings. The number of aromatic hydroxyl groups is 1. The first-order valence-corrected chi connectivity index (χ1v) is 4.72. The number of epoxide rings is 1. The van der Waals surface area contributed by atoms with Crippen LogP contribution in [0.5, 0.6) is 5.75 Å². The molecule has 0 bridgehead atoms. The molecule has 1 unspecified atom stereocenters. The maximum atomic E-state index is 9.58. The topological polar surface area (TPSA) is 32.8 Å². The van der Waals surface area contributed by atoms with Crippen LogP contribution in [0.2, 0.25) is 0 Å². The fourth-order valence-electron chi connectivity index (χ4n) is 1.65. The summed E-state index contributed by atoms with van der Waals surface area (Å²) in [6.07, 6.45) is 2.22. The molecule has 13 heavy (non-hydrogen) atoms. The zero-order valence-electron chi connectivity index (χ0n) is 7.79. The molecule has 0 amide bonds. The molecular weight excluding hydrogens is 164 g/mol. The average Bonchev–Trinajstić information content (AvgIpc) is 2.89.